The summed E-state index contributed by atoms with van der Waals surface area (Å²) in [7, 11) is -7.55. The molecule has 0 saturated heterocycles. The predicted molar refractivity (Wildman–Crippen MR) is 66.5 cm³/mol. The standard InChI is InChI=1S/C8H16N2O7S2/c1-18(14,15)4-5-19(16,17)10-6(8(12)13)2-3-7(9)11/h6,10H,2-5H2,1H3,(H2,9,11)(H,12,13)/t6-/m1/s1. The van der Waals surface area contributed by atoms with Crippen LogP contribution >= 0.6 is 0 Å². The Morgan fingerprint density at radius 3 is 2.11 bits per heavy atom. The van der Waals surface area contributed by atoms with Crippen molar-refractivity contribution in [2.45, 2.75) is 18.9 Å². The summed E-state index contributed by atoms with van der Waals surface area (Å²) in [6, 6.07) is -1.52. The van der Waals surface area contributed by atoms with Gasteiger partial charge in [-0.25, -0.2) is 21.6 Å². The zero-order chi connectivity index (χ0) is 15.3. The predicted octanol–water partition coefficient (Wildman–Crippen LogP) is -2.33. The van der Waals surface area contributed by atoms with Crippen molar-refractivity contribution in [1.82, 2.24) is 4.72 Å². The normalized spacial score (nSPS) is 13.9. The second kappa shape index (κ2) is 6.82. The average Bonchev–Trinajstić information content (AvgIpc) is 2.20. The Hall–Kier alpha value is -1.20. The molecule has 0 rings (SSSR count). The zero-order valence-electron chi connectivity index (χ0n) is 10.2. The first kappa shape index (κ1) is 17.8. The van der Waals surface area contributed by atoms with E-state index < -0.39 is 49.3 Å². The highest BCUT2D eigenvalue weighted by Crippen LogP contribution is 2.01. The van der Waals surface area contributed by atoms with Crippen molar-refractivity contribution >= 4 is 31.7 Å². The van der Waals surface area contributed by atoms with E-state index in [1.54, 1.807) is 0 Å². The van der Waals surface area contributed by atoms with Crippen LogP contribution in [0.4, 0.5) is 0 Å². The van der Waals surface area contributed by atoms with Crippen molar-refractivity contribution in [2.75, 3.05) is 17.8 Å². The van der Waals surface area contributed by atoms with Gasteiger partial charge in [0.25, 0.3) is 0 Å². The number of amides is 1. The summed E-state index contributed by atoms with van der Waals surface area (Å²) in [5, 5.41) is 8.78. The quantitative estimate of drug-likeness (QED) is 0.429. The molecule has 112 valence electrons. The molecule has 0 unspecified atom stereocenters. The number of sulfone groups is 1. The topological polar surface area (TPSA) is 161 Å². The summed E-state index contributed by atoms with van der Waals surface area (Å²) in [5.74, 6) is -3.60. The van der Waals surface area contributed by atoms with Gasteiger partial charge in [-0.2, -0.15) is 0 Å². The molecule has 9 nitrogen and oxygen atoms in total. The van der Waals surface area contributed by atoms with Gasteiger partial charge in [0, 0.05) is 12.7 Å². The van der Waals surface area contributed by atoms with Crippen molar-refractivity contribution in [3.8, 4) is 0 Å². The van der Waals surface area contributed by atoms with Gasteiger partial charge in [-0.15, -0.1) is 0 Å². The molecule has 0 aliphatic heterocycles. The number of rotatable bonds is 9. The van der Waals surface area contributed by atoms with Crippen LogP contribution in [0.25, 0.3) is 0 Å². The Labute approximate surface area is 111 Å². The summed E-state index contributed by atoms with van der Waals surface area (Å²) < 4.78 is 46.5. The van der Waals surface area contributed by atoms with Crippen LogP contribution in [0.5, 0.6) is 0 Å². The third kappa shape index (κ3) is 9.39. The highest BCUT2D eigenvalue weighted by molar-refractivity contribution is 7.93. The van der Waals surface area contributed by atoms with E-state index in [1.165, 1.54) is 0 Å². The molecule has 4 N–H and O–H groups in total. The fourth-order valence-electron chi connectivity index (χ4n) is 1.06. The first-order valence-corrected chi connectivity index (χ1v) is 8.83. The van der Waals surface area contributed by atoms with Crippen LogP contribution in [0, 0.1) is 0 Å². The van der Waals surface area contributed by atoms with E-state index in [0.717, 1.165) is 6.26 Å². The molecule has 0 aliphatic carbocycles. The Morgan fingerprint density at radius 2 is 1.74 bits per heavy atom. The van der Waals surface area contributed by atoms with Crippen LogP contribution in [0.1, 0.15) is 12.8 Å². The minimum atomic E-state index is -4.07. The van der Waals surface area contributed by atoms with E-state index in [2.05, 4.69) is 0 Å². The maximum absolute atomic E-state index is 11.5. The van der Waals surface area contributed by atoms with Crippen molar-refractivity contribution in [3.05, 3.63) is 0 Å². The van der Waals surface area contributed by atoms with E-state index >= 15 is 0 Å². The number of aliphatic carboxylic acids is 1. The van der Waals surface area contributed by atoms with E-state index in [9.17, 15) is 26.4 Å². The van der Waals surface area contributed by atoms with E-state index in [-0.39, 0.29) is 12.8 Å². The van der Waals surface area contributed by atoms with Crippen LogP contribution in [0.3, 0.4) is 0 Å². The number of nitrogens with two attached hydrogens (primary N) is 1. The first-order valence-electron chi connectivity index (χ1n) is 5.12. The summed E-state index contributed by atoms with van der Waals surface area (Å²) in [5.41, 5.74) is 4.83. The molecule has 0 bridgehead atoms. The smallest absolute Gasteiger partial charge is 0.321 e. The third-order valence-corrected chi connectivity index (χ3v) is 4.61. The Morgan fingerprint density at radius 1 is 1.21 bits per heavy atom. The fraction of sp³-hybridized carbons (Fsp3) is 0.750. The van der Waals surface area contributed by atoms with Crippen LogP contribution in [0.15, 0.2) is 0 Å². The molecule has 0 spiro atoms. The van der Waals surface area contributed by atoms with Crippen LogP contribution in [0.2, 0.25) is 0 Å². The van der Waals surface area contributed by atoms with Crippen LogP contribution in [-0.4, -0.2) is 57.6 Å². The molecule has 0 aromatic carbocycles. The molecule has 0 heterocycles. The van der Waals surface area contributed by atoms with Crippen LogP contribution in [-0.2, 0) is 29.4 Å². The molecule has 0 saturated carbocycles. The summed E-state index contributed by atoms with van der Waals surface area (Å²) >= 11 is 0. The molecule has 19 heavy (non-hydrogen) atoms. The highest BCUT2D eigenvalue weighted by Gasteiger charge is 2.25. The number of carbonyl (C=O) groups is 2. The molecule has 0 fully saturated rings. The van der Waals surface area contributed by atoms with Gasteiger partial charge in [-0.05, 0) is 6.42 Å². The fourth-order valence-corrected chi connectivity index (χ4v) is 3.91. The van der Waals surface area contributed by atoms with E-state index in [1.807, 2.05) is 4.72 Å². The lowest BCUT2D eigenvalue weighted by molar-refractivity contribution is -0.139. The lowest BCUT2D eigenvalue weighted by Gasteiger charge is -2.13. The third-order valence-electron chi connectivity index (χ3n) is 2.02. The number of carboxylic acid groups (broad SMARTS) is 1. The molecule has 0 aromatic heterocycles. The minimum absolute atomic E-state index is 0.300. The number of carbonyl (C=O) groups excluding carboxylic acids is 1. The Bertz CT molecular complexity index is 537. The molecular formula is C8H16N2O7S2. The molecule has 0 aliphatic rings. The van der Waals surface area contributed by atoms with Gasteiger partial charge in [-0.3, -0.25) is 9.59 Å². The lowest BCUT2D eigenvalue weighted by Crippen LogP contribution is -2.43. The number of carboxylic acids is 1. The van der Waals surface area contributed by atoms with Crippen molar-refractivity contribution in [1.29, 1.82) is 0 Å². The van der Waals surface area contributed by atoms with E-state index in [4.69, 9.17) is 10.8 Å². The summed E-state index contributed by atoms with van der Waals surface area (Å²) in [4.78, 5) is 21.3. The van der Waals surface area contributed by atoms with Gasteiger partial charge in [0.2, 0.25) is 15.9 Å². The molecule has 1 amide bonds. The van der Waals surface area contributed by atoms with Gasteiger partial charge in [0.15, 0.2) is 0 Å². The molecule has 11 heteroatoms. The summed E-state index contributed by atoms with van der Waals surface area (Å²) in [6.07, 6.45) is 0.263. The molecule has 0 radical (unpaired) electrons. The maximum Gasteiger partial charge on any atom is 0.321 e. The zero-order valence-corrected chi connectivity index (χ0v) is 11.8. The maximum atomic E-state index is 11.5. The van der Waals surface area contributed by atoms with Crippen molar-refractivity contribution in [2.24, 2.45) is 5.73 Å². The Kier molecular flexibility index (Phi) is 6.39. The number of nitrogens with one attached hydrogen (secondary N) is 1. The van der Waals surface area contributed by atoms with Gasteiger partial charge >= 0.3 is 5.97 Å². The SMILES string of the molecule is CS(=O)(=O)CCS(=O)(=O)N[C@H](CCC(N)=O)C(=O)O. The molecule has 0 aromatic rings. The number of sulfonamides is 1. The van der Waals surface area contributed by atoms with E-state index in [0.29, 0.717) is 0 Å². The molecular weight excluding hydrogens is 300 g/mol. The average molecular weight is 316 g/mol. The molecule has 1 atom stereocenters. The number of hydrogen-bond acceptors (Lipinski definition) is 6. The Balaban J connectivity index is 4.65. The number of primary amides is 1. The highest BCUT2D eigenvalue weighted by atomic mass is 32.2. The lowest BCUT2D eigenvalue weighted by atomic mass is 10.2. The second-order valence-electron chi connectivity index (χ2n) is 3.96. The first-order chi connectivity index (χ1) is 8.43. The second-order valence-corrected chi connectivity index (χ2v) is 8.10. The van der Waals surface area contributed by atoms with Gasteiger partial charge in [0.05, 0.1) is 11.5 Å². The van der Waals surface area contributed by atoms with Crippen LogP contribution < -0.4 is 10.5 Å². The van der Waals surface area contributed by atoms with Gasteiger partial charge < -0.3 is 10.8 Å². The van der Waals surface area contributed by atoms with Gasteiger partial charge in [-0.1, -0.05) is 0 Å². The minimum Gasteiger partial charge on any atom is -0.480 e. The van der Waals surface area contributed by atoms with Crippen molar-refractivity contribution in [3.63, 3.8) is 0 Å². The largest absolute Gasteiger partial charge is 0.480 e. The summed E-state index contributed by atoms with van der Waals surface area (Å²) in [6.45, 7) is 0. The van der Waals surface area contributed by atoms with Crippen molar-refractivity contribution < 1.29 is 31.5 Å². The number of hydrogen-bond donors (Lipinski definition) is 3. The van der Waals surface area contributed by atoms with Gasteiger partial charge in [0.1, 0.15) is 15.9 Å². The monoisotopic (exact) mass is 316 g/mol.